The van der Waals surface area contributed by atoms with E-state index in [9.17, 15) is 9.59 Å². The van der Waals surface area contributed by atoms with Crippen LogP contribution >= 0.6 is 0 Å². The van der Waals surface area contributed by atoms with E-state index in [0.717, 1.165) is 21.9 Å². The molecule has 1 aliphatic heterocycles. The third-order valence-corrected chi connectivity index (χ3v) is 3.98. The molecule has 0 saturated heterocycles. The van der Waals surface area contributed by atoms with Gasteiger partial charge in [-0.05, 0) is 35.7 Å². The summed E-state index contributed by atoms with van der Waals surface area (Å²) in [4.78, 5) is 25.0. The quantitative estimate of drug-likeness (QED) is 0.862. The number of hydrogen-bond acceptors (Lipinski definition) is 4. The third-order valence-electron chi connectivity index (χ3n) is 3.98. The van der Waals surface area contributed by atoms with E-state index in [1.807, 2.05) is 43.3 Å². The van der Waals surface area contributed by atoms with E-state index < -0.39 is 0 Å². The van der Waals surface area contributed by atoms with Gasteiger partial charge >= 0.3 is 0 Å². The number of rotatable bonds is 5. The molecule has 2 aromatic carbocycles. The van der Waals surface area contributed by atoms with Crippen molar-refractivity contribution >= 4 is 11.8 Å². The van der Waals surface area contributed by atoms with E-state index in [-0.39, 0.29) is 11.8 Å². The number of imide groups is 1. The van der Waals surface area contributed by atoms with Gasteiger partial charge in [-0.25, -0.2) is 10.4 Å². The average Bonchev–Trinajstić information content (AvgIpc) is 2.84. The molecule has 5 heteroatoms. The number of carbonyl (C=O) groups excluding carboxylic acids is 2. The summed E-state index contributed by atoms with van der Waals surface area (Å²) in [5.74, 6) is 0.187. The lowest BCUT2D eigenvalue weighted by Gasteiger charge is -2.15. The largest absolute Gasteiger partial charge is 0.497 e. The van der Waals surface area contributed by atoms with Crippen LogP contribution in [0.25, 0.3) is 0 Å². The summed E-state index contributed by atoms with van der Waals surface area (Å²) in [6.07, 6.45) is 0.717. The van der Waals surface area contributed by atoms with Crippen LogP contribution in [-0.2, 0) is 13.0 Å². The van der Waals surface area contributed by atoms with Crippen LogP contribution in [0.3, 0.4) is 0 Å². The lowest BCUT2D eigenvalue weighted by Crippen LogP contribution is -2.42. The molecule has 1 aliphatic rings. The number of fused-ring (bicyclic) bond motifs is 1. The minimum absolute atomic E-state index is 0.282. The molecule has 0 bridgehead atoms. The van der Waals surface area contributed by atoms with Crippen LogP contribution in [0.4, 0.5) is 0 Å². The summed E-state index contributed by atoms with van der Waals surface area (Å²) in [5, 5.41) is 1.11. The first-order chi connectivity index (χ1) is 11.2. The summed E-state index contributed by atoms with van der Waals surface area (Å²) < 4.78 is 5.11. The van der Waals surface area contributed by atoms with E-state index in [4.69, 9.17) is 4.74 Å². The van der Waals surface area contributed by atoms with Crippen LogP contribution in [0, 0.1) is 0 Å². The molecule has 2 amide bonds. The average molecular weight is 310 g/mol. The molecule has 0 fully saturated rings. The summed E-state index contributed by atoms with van der Waals surface area (Å²) in [5.41, 5.74) is 5.77. The Morgan fingerprint density at radius 1 is 1.04 bits per heavy atom. The molecular weight excluding hydrogens is 292 g/mol. The van der Waals surface area contributed by atoms with E-state index >= 15 is 0 Å². The molecule has 1 heterocycles. The van der Waals surface area contributed by atoms with Crippen molar-refractivity contribution in [1.29, 1.82) is 0 Å². The van der Waals surface area contributed by atoms with Crippen molar-refractivity contribution < 1.29 is 14.3 Å². The van der Waals surface area contributed by atoms with Gasteiger partial charge in [0.25, 0.3) is 11.8 Å². The lowest BCUT2D eigenvalue weighted by molar-refractivity contribution is 0.0562. The number of amides is 2. The molecule has 23 heavy (non-hydrogen) atoms. The number of aryl methyl sites for hydroxylation is 1. The highest BCUT2D eigenvalue weighted by molar-refractivity contribution is 6.21. The molecule has 0 radical (unpaired) electrons. The zero-order valence-electron chi connectivity index (χ0n) is 13.1. The Kier molecular flexibility index (Phi) is 4.12. The highest BCUT2D eigenvalue weighted by atomic mass is 16.5. The Balaban J connectivity index is 1.77. The first-order valence-electron chi connectivity index (χ1n) is 7.52. The number of hydrazine groups is 1. The Labute approximate surface area is 134 Å². The fraction of sp³-hybridized carbons (Fsp3) is 0.222. The van der Waals surface area contributed by atoms with Gasteiger partial charge in [0.2, 0.25) is 0 Å². The topological polar surface area (TPSA) is 58.6 Å². The van der Waals surface area contributed by atoms with E-state index in [2.05, 4.69) is 5.43 Å². The molecule has 0 saturated carbocycles. The van der Waals surface area contributed by atoms with Crippen LogP contribution in [0.1, 0.15) is 38.8 Å². The molecule has 3 rings (SSSR count). The minimum atomic E-state index is -0.297. The number of nitrogens with one attached hydrogen (secondary N) is 1. The van der Waals surface area contributed by atoms with Gasteiger partial charge in [-0.15, -0.1) is 0 Å². The Morgan fingerprint density at radius 3 is 2.43 bits per heavy atom. The van der Waals surface area contributed by atoms with Gasteiger partial charge in [-0.3, -0.25) is 9.59 Å². The van der Waals surface area contributed by atoms with E-state index in [0.29, 0.717) is 24.1 Å². The normalized spacial score (nSPS) is 13.4. The van der Waals surface area contributed by atoms with Crippen molar-refractivity contribution in [3.05, 3.63) is 64.7 Å². The maximum absolute atomic E-state index is 12.5. The fourth-order valence-electron chi connectivity index (χ4n) is 2.71. The predicted molar refractivity (Wildman–Crippen MR) is 86.2 cm³/mol. The van der Waals surface area contributed by atoms with Gasteiger partial charge in [0.05, 0.1) is 18.2 Å². The molecule has 5 nitrogen and oxygen atoms in total. The van der Waals surface area contributed by atoms with Crippen molar-refractivity contribution in [2.45, 2.75) is 19.9 Å². The van der Waals surface area contributed by atoms with E-state index in [1.165, 1.54) is 0 Å². The predicted octanol–water partition coefficient (Wildman–Crippen LogP) is 2.56. The van der Waals surface area contributed by atoms with Crippen molar-refractivity contribution in [2.24, 2.45) is 0 Å². The summed E-state index contributed by atoms with van der Waals surface area (Å²) in [7, 11) is 1.61. The SMILES string of the molecule is CCc1cccc2c1C(=O)N(NCc1ccc(OC)cc1)C2=O. The lowest BCUT2D eigenvalue weighted by atomic mass is 10.0. The Morgan fingerprint density at radius 2 is 1.78 bits per heavy atom. The molecule has 2 aromatic rings. The molecule has 0 spiro atoms. The first-order valence-corrected chi connectivity index (χ1v) is 7.52. The zero-order valence-corrected chi connectivity index (χ0v) is 13.1. The molecular formula is C18H18N2O3. The van der Waals surface area contributed by atoms with Gasteiger partial charge in [-0.1, -0.05) is 31.2 Å². The van der Waals surface area contributed by atoms with Gasteiger partial charge in [-0.2, -0.15) is 0 Å². The van der Waals surface area contributed by atoms with Crippen LogP contribution < -0.4 is 10.2 Å². The van der Waals surface area contributed by atoms with Crippen LogP contribution in [0.2, 0.25) is 0 Å². The standard InChI is InChI=1S/C18H18N2O3/c1-3-13-5-4-6-15-16(13)18(22)20(17(15)21)19-11-12-7-9-14(23-2)10-8-12/h4-10,19H,3,11H2,1-2H3. The van der Waals surface area contributed by atoms with Gasteiger partial charge in [0, 0.05) is 6.54 Å². The highest BCUT2D eigenvalue weighted by Gasteiger charge is 2.36. The molecule has 1 N–H and O–H groups in total. The number of nitrogens with zero attached hydrogens (tertiary/aromatic N) is 1. The second-order valence-corrected chi connectivity index (χ2v) is 5.32. The zero-order chi connectivity index (χ0) is 16.4. The number of benzene rings is 2. The van der Waals surface area contributed by atoms with Crippen LogP contribution in [-0.4, -0.2) is 23.9 Å². The summed E-state index contributed by atoms with van der Waals surface area (Å²) in [6.45, 7) is 2.36. The van der Waals surface area contributed by atoms with Gasteiger partial charge in [0.1, 0.15) is 5.75 Å². The highest BCUT2D eigenvalue weighted by Crippen LogP contribution is 2.25. The maximum atomic E-state index is 12.5. The van der Waals surface area contributed by atoms with Gasteiger partial charge in [0.15, 0.2) is 0 Å². The second kappa shape index (κ2) is 6.22. The number of hydrogen-bond donors (Lipinski definition) is 1. The summed E-state index contributed by atoms with van der Waals surface area (Å²) >= 11 is 0. The fourth-order valence-corrected chi connectivity index (χ4v) is 2.71. The third kappa shape index (κ3) is 2.71. The molecule has 118 valence electrons. The minimum Gasteiger partial charge on any atom is -0.497 e. The second-order valence-electron chi connectivity index (χ2n) is 5.32. The van der Waals surface area contributed by atoms with Crippen LogP contribution in [0.5, 0.6) is 5.75 Å². The van der Waals surface area contributed by atoms with Gasteiger partial charge < -0.3 is 4.74 Å². The number of ether oxygens (including phenoxy) is 1. The Hall–Kier alpha value is -2.66. The van der Waals surface area contributed by atoms with Crippen molar-refractivity contribution in [2.75, 3.05) is 7.11 Å². The smallest absolute Gasteiger partial charge is 0.276 e. The number of methoxy groups -OCH3 is 1. The maximum Gasteiger partial charge on any atom is 0.276 e. The first kappa shape index (κ1) is 15.2. The van der Waals surface area contributed by atoms with Crippen molar-refractivity contribution in [3.63, 3.8) is 0 Å². The molecule has 0 atom stereocenters. The summed E-state index contributed by atoms with van der Waals surface area (Å²) in [6, 6.07) is 12.9. The van der Waals surface area contributed by atoms with Crippen molar-refractivity contribution in [1.82, 2.24) is 10.4 Å². The van der Waals surface area contributed by atoms with E-state index in [1.54, 1.807) is 13.2 Å². The Bertz CT molecular complexity index is 753. The number of carbonyl (C=O) groups is 2. The molecule has 0 aromatic heterocycles. The van der Waals surface area contributed by atoms with Crippen LogP contribution in [0.15, 0.2) is 42.5 Å². The van der Waals surface area contributed by atoms with Crippen molar-refractivity contribution in [3.8, 4) is 5.75 Å². The molecule has 0 aliphatic carbocycles. The monoisotopic (exact) mass is 310 g/mol. The molecule has 0 unspecified atom stereocenters.